The molecule has 0 aliphatic rings. The lowest BCUT2D eigenvalue weighted by Crippen LogP contribution is -2.12. The standard InChI is InChI=1S/C19H14N4O3/c24-18(13-5-4-12-6-8-20-17(12)10-13)21-14-2-1-3-15(11-14)23-9-7-16(22-23)19(25)26/h1-11,20H,(H,21,24)(H,25,26). The summed E-state index contributed by atoms with van der Waals surface area (Å²) in [7, 11) is 0. The molecule has 1 amide bonds. The number of carbonyl (C=O) groups excluding carboxylic acids is 1. The van der Waals surface area contributed by atoms with E-state index in [-0.39, 0.29) is 11.6 Å². The summed E-state index contributed by atoms with van der Waals surface area (Å²) in [5.41, 5.74) is 2.63. The van der Waals surface area contributed by atoms with Crippen LogP contribution in [0.5, 0.6) is 0 Å². The van der Waals surface area contributed by atoms with Crippen LogP contribution in [0.15, 0.2) is 67.0 Å². The second-order valence-electron chi connectivity index (χ2n) is 5.73. The van der Waals surface area contributed by atoms with Crippen LogP contribution in [0.1, 0.15) is 20.8 Å². The Kier molecular flexibility index (Phi) is 3.74. The molecule has 0 aliphatic carbocycles. The topological polar surface area (TPSA) is 100 Å². The molecule has 26 heavy (non-hydrogen) atoms. The van der Waals surface area contributed by atoms with E-state index in [1.807, 2.05) is 18.3 Å². The quantitative estimate of drug-likeness (QED) is 0.528. The first-order valence-corrected chi connectivity index (χ1v) is 7.88. The van der Waals surface area contributed by atoms with Crippen molar-refractivity contribution >= 4 is 28.5 Å². The number of H-pyrrole nitrogens is 1. The Morgan fingerprint density at radius 1 is 1.08 bits per heavy atom. The monoisotopic (exact) mass is 346 g/mol. The Bertz CT molecular complexity index is 1130. The minimum Gasteiger partial charge on any atom is -0.476 e. The van der Waals surface area contributed by atoms with Gasteiger partial charge < -0.3 is 15.4 Å². The molecule has 3 N–H and O–H groups in total. The fraction of sp³-hybridized carbons (Fsp3) is 0. The van der Waals surface area contributed by atoms with Gasteiger partial charge in [0, 0.05) is 29.2 Å². The number of nitrogens with zero attached hydrogens (tertiary/aromatic N) is 2. The summed E-state index contributed by atoms with van der Waals surface area (Å²) >= 11 is 0. The predicted octanol–water partition coefficient (Wildman–Crippen LogP) is 3.30. The third-order valence-corrected chi connectivity index (χ3v) is 3.99. The summed E-state index contributed by atoms with van der Waals surface area (Å²) in [5, 5.41) is 16.8. The zero-order chi connectivity index (χ0) is 18.1. The molecule has 0 atom stereocenters. The molecule has 2 heterocycles. The third kappa shape index (κ3) is 2.93. The molecule has 0 saturated heterocycles. The van der Waals surface area contributed by atoms with Gasteiger partial charge in [-0.15, -0.1) is 0 Å². The first-order valence-electron chi connectivity index (χ1n) is 7.88. The SMILES string of the molecule is O=C(Nc1cccc(-n2ccc(C(=O)O)n2)c1)c1ccc2cc[nH]c2c1. The van der Waals surface area contributed by atoms with Gasteiger partial charge in [0.1, 0.15) is 0 Å². The molecule has 2 aromatic heterocycles. The fourth-order valence-electron chi connectivity index (χ4n) is 2.70. The number of aromatic amines is 1. The first-order chi connectivity index (χ1) is 12.6. The Hall–Kier alpha value is -3.87. The van der Waals surface area contributed by atoms with Gasteiger partial charge in [-0.2, -0.15) is 5.10 Å². The molecular formula is C19H14N4O3. The molecular weight excluding hydrogens is 332 g/mol. The zero-order valence-corrected chi connectivity index (χ0v) is 13.5. The summed E-state index contributed by atoms with van der Waals surface area (Å²) < 4.78 is 1.45. The van der Waals surface area contributed by atoms with Gasteiger partial charge in [-0.25, -0.2) is 9.48 Å². The van der Waals surface area contributed by atoms with E-state index >= 15 is 0 Å². The Morgan fingerprint density at radius 2 is 1.96 bits per heavy atom. The smallest absolute Gasteiger partial charge is 0.356 e. The molecule has 0 radical (unpaired) electrons. The lowest BCUT2D eigenvalue weighted by atomic mass is 10.1. The van der Waals surface area contributed by atoms with Crippen molar-refractivity contribution in [3.8, 4) is 5.69 Å². The number of aromatic carboxylic acids is 1. The molecule has 4 rings (SSSR count). The molecule has 2 aromatic carbocycles. The molecule has 0 unspecified atom stereocenters. The molecule has 0 spiro atoms. The highest BCUT2D eigenvalue weighted by Crippen LogP contribution is 2.18. The largest absolute Gasteiger partial charge is 0.476 e. The van der Waals surface area contributed by atoms with Crippen LogP contribution in [-0.4, -0.2) is 31.7 Å². The van der Waals surface area contributed by atoms with Crippen molar-refractivity contribution in [2.45, 2.75) is 0 Å². The minimum absolute atomic E-state index is 0.0429. The summed E-state index contributed by atoms with van der Waals surface area (Å²) in [6.45, 7) is 0. The van der Waals surface area contributed by atoms with Crippen molar-refractivity contribution in [1.29, 1.82) is 0 Å². The Labute approximate surface area is 147 Å². The zero-order valence-electron chi connectivity index (χ0n) is 13.5. The maximum atomic E-state index is 12.5. The van der Waals surface area contributed by atoms with Gasteiger partial charge in [-0.05, 0) is 47.9 Å². The Balaban J connectivity index is 1.57. The van der Waals surface area contributed by atoms with E-state index in [0.717, 1.165) is 10.9 Å². The number of fused-ring (bicyclic) bond motifs is 1. The number of carboxylic acid groups (broad SMARTS) is 1. The van der Waals surface area contributed by atoms with Crippen LogP contribution in [0.3, 0.4) is 0 Å². The third-order valence-electron chi connectivity index (χ3n) is 3.99. The van der Waals surface area contributed by atoms with Gasteiger partial charge in [0.2, 0.25) is 0 Å². The van der Waals surface area contributed by atoms with Crippen molar-refractivity contribution in [3.05, 3.63) is 78.2 Å². The van der Waals surface area contributed by atoms with Gasteiger partial charge >= 0.3 is 5.97 Å². The van der Waals surface area contributed by atoms with Crippen molar-refractivity contribution in [2.75, 3.05) is 5.32 Å². The number of anilines is 1. The first kappa shape index (κ1) is 15.6. The number of hydrogen-bond acceptors (Lipinski definition) is 3. The average molecular weight is 346 g/mol. The highest BCUT2D eigenvalue weighted by Gasteiger charge is 2.10. The summed E-state index contributed by atoms with van der Waals surface area (Å²) in [4.78, 5) is 26.5. The van der Waals surface area contributed by atoms with Gasteiger partial charge in [0.05, 0.1) is 5.69 Å². The molecule has 4 aromatic rings. The lowest BCUT2D eigenvalue weighted by molar-refractivity contribution is 0.0689. The molecule has 7 heteroatoms. The number of aromatic nitrogens is 3. The summed E-state index contributed by atoms with van der Waals surface area (Å²) in [6, 6.07) is 15.8. The van der Waals surface area contributed by atoms with Gasteiger partial charge in [-0.3, -0.25) is 4.79 Å². The number of rotatable bonds is 4. The van der Waals surface area contributed by atoms with E-state index in [9.17, 15) is 9.59 Å². The van der Waals surface area contributed by atoms with Crippen molar-refractivity contribution in [1.82, 2.24) is 14.8 Å². The summed E-state index contributed by atoms with van der Waals surface area (Å²) in [5.74, 6) is -1.32. The van der Waals surface area contributed by atoms with Crippen molar-refractivity contribution in [3.63, 3.8) is 0 Å². The number of hydrogen-bond donors (Lipinski definition) is 3. The molecule has 0 bridgehead atoms. The highest BCUT2D eigenvalue weighted by atomic mass is 16.4. The van der Waals surface area contributed by atoms with E-state index in [1.54, 1.807) is 42.6 Å². The van der Waals surface area contributed by atoms with E-state index in [0.29, 0.717) is 16.9 Å². The Morgan fingerprint density at radius 3 is 2.77 bits per heavy atom. The summed E-state index contributed by atoms with van der Waals surface area (Å²) in [6.07, 6.45) is 3.38. The van der Waals surface area contributed by atoms with Gasteiger partial charge in [0.25, 0.3) is 5.91 Å². The lowest BCUT2D eigenvalue weighted by Gasteiger charge is -2.08. The molecule has 0 saturated carbocycles. The van der Waals surface area contributed by atoms with Crippen molar-refractivity contribution < 1.29 is 14.7 Å². The molecule has 0 fully saturated rings. The van der Waals surface area contributed by atoms with E-state index in [2.05, 4.69) is 15.4 Å². The molecule has 7 nitrogen and oxygen atoms in total. The number of carboxylic acids is 1. The van der Waals surface area contributed by atoms with Gasteiger partial charge in [-0.1, -0.05) is 12.1 Å². The van der Waals surface area contributed by atoms with Crippen LogP contribution < -0.4 is 5.32 Å². The van der Waals surface area contributed by atoms with Crippen LogP contribution in [0.4, 0.5) is 5.69 Å². The number of benzene rings is 2. The minimum atomic E-state index is -1.09. The predicted molar refractivity (Wildman–Crippen MR) is 96.8 cm³/mol. The normalized spacial score (nSPS) is 10.8. The molecule has 128 valence electrons. The van der Waals surface area contributed by atoms with Crippen LogP contribution in [0.25, 0.3) is 16.6 Å². The maximum Gasteiger partial charge on any atom is 0.356 e. The van der Waals surface area contributed by atoms with E-state index < -0.39 is 5.97 Å². The van der Waals surface area contributed by atoms with E-state index in [1.165, 1.54) is 10.7 Å². The highest BCUT2D eigenvalue weighted by molar-refractivity contribution is 6.06. The second kappa shape index (κ2) is 6.21. The van der Waals surface area contributed by atoms with E-state index in [4.69, 9.17) is 5.11 Å². The average Bonchev–Trinajstić information content (AvgIpc) is 3.30. The number of carbonyl (C=O) groups is 2. The fourth-order valence-corrected chi connectivity index (χ4v) is 2.70. The number of nitrogens with one attached hydrogen (secondary N) is 2. The maximum absolute atomic E-state index is 12.5. The van der Waals surface area contributed by atoms with Crippen LogP contribution in [-0.2, 0) is 0 Å². The number of amides is 1. The molecule has 0 aliphatic heterocycles. The second-order valence-corrected chi connectivity index (χ2v) is 5.73. The van der Waals surface area contributed by atoms with Crippen molar-refractivity contribution in [2.24, 2.45) is 0 Å². The van der Waals surface area contributed by atoms with Crippen LogP contribution in [0, 0.1) is 0 Å². The van der Waals surface area contributed by atoms with Gasteiger partial charge in [0.15, 0.2) is 5.69 Å². The van der Waals surface area contributed by atoms with Crippen LogP contribution >= 0.6 is 0 Å². The van der Waals surface area contributed by atoms with Crippen LogP contribution in [0.2, 0.25) is 0 Å².